The number of rotatable bonds is 0. The molecular formula is C22H37NOS. The second-order valence-electron chi connectivity index (χ2n) is 3.98. The lowest BCUT2D eigenvalue weighted by molar-refractivity contribution is 0.534. The van der Waals surface area contributed by atoms with Crippen molar-refractivity contribution in [3.8, 4) is 0 Å². The molecule has 3 heteroatoms. The number of furan rings is 1. The van der Waals surface area contributed by atoms with E-state index in [-0.39, 0.29) is 0 Å². The first-order valence-electron chi connectivity index (χ1n) is 9.05. The molecule has 0 aliphatic carbocycles. The van der Waals surface area contributed by atoms with Crippen molar-refractivity contribution in [2.75, 3.05) is 0 Å². The molecule has 0 aromatic carbocycles. The van der Waals surface area contributed by atoms with Crippen LogP contribution < -0.4 is 0 Å². The fourth-order valence-corrected chi connectivity index (χ4v) is 1.70. The highest BCUT2D eigenvalue weighted by Gasteiger charge is 1.76. The van der Waals surface area contributed by atoms with Crippen LogP contribution in [0.5, 0.6) is 0 Å². The number of aromatic nitrogens is 1. The highest BCUT2D eigenvalue weighted by molar-refractivity contribution is 7.09. The Morgan fingerprint density at radius 1 is 0.800 bits per heavy atom. The van der Waals surface area contributed by atoms with Crippen LogP contribution in [0.25, 0.3) is 0 Å². The molecule has 0 spiro atoms. The molecule has 0 aliphatic heterocycles. The predicted octanol–water partition coefficient (Wildman–Crippen LogP) is 8.11. The Morgan fingerprint density at radius 3 is 1.60 bits per heavy atom. The second-order valence-corrected chi connectivity index (χ2v) is 5.13. The van der Waals surface area contributed by atoms with Gasteiger partial charge >= 0.3 is 0 Å². The summed E-state index contributed by atoms with van der Waals surface area (Å²) in [7, 11) is 0. The Kier molecular flexibility index (Phi) is 27.3. The van der Waals surface area contributed by atoms with Crippen molar-refractivity contribution in [2.45, 2.75) is 62.3 Å². The van der Waals surface area contributed by atoms with Gasteiger partial charge in [-0.05, 0) is 56.0 Å². The van der Waals surface area contributed by atoms with Crippen LogP contribution in [-0.2, 0) is 0 Å². The van der Waals surface area contributed by atoms with E-state index in [9.17, 15) is 0 Å². The lowest BCUT2D eigenvalue weighted by Gasteiger charge is -1.82. The van der Waals surface area contributed by atoms with Gasteiger partial charge < -0.3 is 4.42 Å². The third-order valence-corrected chi connectivity index (χ3v) is 2.94. The summed E-state index contributed by atoms with van der Waals surface area (Å²) in [6.07, 6.45) is 5.27. The summed E-state index contributed by atoms with van der Waals surface area (Å²) in [4.78, 5) is 5.27. The molecule has 0 bridgehead atoms. The van der Waals surface area contributed by atoms with Crippen LogP contribution in [0.15, 0.2) is 64.9 Å². The normalized spacial score (nSPS) is 7.40. The van der Waals surface area contributed by atoms with Crippen LogP contribution in [0.4, 0.5) is 0 Å². The quantitative estimate of drug-likeness (QED) is 0.403. The first-order valence-corrected chi connectivity index (χ1v) is 9.93. The number of hydrogen-bond donors (Lipinski definition) is 0. The first-order chi connectivity index (χ1) is 12.2. The van der Waals surface area contributed by atoms with E-state index in [1.807, 2.05) is 85.9 Å². The first kappa shape index (κ1) is 28.0. The van der Waals surface area contributed by atoms with Crippen molar-refractivity contribution in [2.24, 2.45) is 0 Å². The van der Waals surface area contributed by atoms with Gasteiger partial charge in [0.05, 0.1) is 6.26 Å². The van der Waals surface area contributed by atoms with E-state index in [2.05, 4.69) is 29.4 Å². The molecule has 0 unspecified atom stereocenters. The molecule has 3 rings (SSSR count). The monoisotopic (exact) mass is 363 g/mol. The highest BCUT2D eigenvalue weighted by atomic mass is 32.1. The van der Waals surface area contributed by atoms with Gasteiger partial charge in [0, 0.05) is 17.3 Å². The van der Waals surface area contributed by atoms with E-state index >= 15 is 0 Å². The predicted molar refractivity (Wildman–Crippen MR) is 116 cm³/mol. The minimum absolute atomic E-state index is 0.968. The van der Waals surface area contributed by atoms with Gasteiger partial charge in [0.1, 0.15) is 5.76 Å². The van der Waals surface area contributed by atoms with E-state index in [0.29, 0.717) is 0 Å². The zero-order valence-corrected chi connectivity index (χ0v) is 18.4. The molecule has 0 saturated carbocycles. The van der Waals surface area contributed by atoms with Crippen LogP contribution in [0.3, 0.4) is 0 Å². The van der Waals surface area contributed by atoms with Crippen molar-refractivity contribution >= 4 is 11.3 Å². The van der Waals surface area contributed by atoms with E-state index in [1.165, 1.54) is 10.4 Å². The molecule has 0 atom stereocenters. The SMILES string of the molecule is CC.CC.CC.Cc1cccnc1.Cc1ccco1.Cc1cccs1. The lowest BCUT2D eigenvalue weighted by atomic mass is 10.3. The Labute approximate surface area is 160 Å². The van der Waals surface area contributed by atoms with Crippen molar-refractivity contribution in [1.82, 2.24) is 4.98 Å². The van der Waals surface area contributed by atoms with Gasteiger partial charge in [-0.2, -0.15) is 0 Å². The van der Waals surface area contributed by atoms with Crippen LogP contribution in [0.2, 0.25) is 0 Å². The molecule has 0 N–H and O–H groups in total. The fourth-order valence-electron chi connectivity index (χ4n) is 1.17. The standard InChI is InChI=1S/C6H7N.C5H6O.C5H6S.3C2H6/c1-6-3-2-4-7-5-6;2*1-5-3-2-4-6-5;3*1-2/h2-5H,1H3;2*2-4H,1H3;3*1-2H3. The average molecular weight is 364 g/mol. The molecule has 142 valence electrons. The third kappa shape index (κ3) is 22.1. The Balaban J connectivity index is -0.000000253. The summed E-state index contributed by atoms with van der Waals surface area (Å²) in [5.41, 5.74) is 1.21. The van der Waals surface area contributed by atoms with Gasteiger partial charge in [0.2, 0.25) is 0 Å². The number of thiophene rings is 1. The van der Waals surface area contributed by atoms with Crippen molar-refractivity contribution in [3.63, 3.8) is 0 Å². The summed E-state index contributed by atoms with van der Waals surface area (Å²) >= 11 is 1.78. The third-order valence-electron chi connectivity index (χ3n) is 2.14. The van der Waals surface area contributed by atoms with Crippen molar-refractivity contribution in [1.29, 1.82) is 0 Å². The zero-order chi connectivity index (χ0) is 19.9. The Hall–Kier alpha value is -1.87. The Bertz CT molecular complexity index is 484. The molecule has 0 radical (unpaired) electrons. The minimum atomic E-state index is 0.968. The molecule has 3 aromatic heterocycles. The smallest absolute Gasteiger partial charge is 0.100 e. The molecule has 0 amide bonds. The largest absolute Gasteiger partial charge is 0.470 e. The molecule has 3 aromatic rings. The summed E-state index contributed by atoms with van der Waals surface area (Å²) < 4.78 is 4.83. The van der Waals surface area contributed by atoms with Crippen LogP contribution in [0.1, 0.15) is 57.7 Å². The summed E-state index contributed by atoms with van der Waals surface area (Å²) in [5, 5.41) is 2.08. The summed E-state index contributed by atoms with van der Waals surface area (Å²) in [5.74, 6) is 0.968. The van der Waals surface area contributed by atoms with E-state index in [1.54, 1.807) is 23.8 Å². The van der Waals surface area contributed by atoms with Crippen LogP contribution in [0, 0.1) is 20.8 Å². The van der Waals surface area contributed by atoms with Gasteiger partial charge in [0.25, 0.3) is 0 Å². The lowest BCUT2D eigenvalue weighted by Crippen LogP contribution is -1.69. The van der Waals surface area contributed by atoms with E-state index in [0.717, 1.165) is 5.76 Å². The maximum atomic E-state index is 4.83. The number of pyridine rings is 1. The van der Waals surface area contributed by atoms with Crippen molar-refractivity contribution < 1.29 is 4.42 Å². The molecule has 25 heavy (non-hydrogen) atoms. The van der Waals surface area contributed by atoms with Gasteiger partial charge in [-0.25, -0.2) is 0 Å². The van der Waals surface area contributed by atoms with Crippen molar-refractivity contribution in [3.05, 3.63) is 76.6 Å². The van der Waals surface area contributed by atoms with Gasteiger partial charge in [-0.15, -0.1) is 11.3 Å². The number of hydrogen-bond acceptors (Lipinski definition) is 3. The molecule has 2 nitrogen and oxygen atoms in total. The summed E-state index contributed by atoms with van der Waals surface area (Å²) in [6.45, 7) is 18.0. The maximum Gasteiger partial charge on any atom is 0.100 e. The molecular weight excluding hydrogens is 326 g/mol. The molecule has 0 saturated heterocycles. The fraction of sp³-hybridized carbons (Fsp3) is 0.409. The topological polar surface area (TPSA) is 26.0 Å². The number of nitrogens with zero attached hydrogens (tertiary/aromatic N) is 1. The molecule has 0 fully saturated rings. The zero-order valence-electron chi connectivity index (χ0n) is 17.5. The average Bonchev–Trinajstić information content (AvgIpc) is 3.35. The van der Waals surface area contributed by atoms with Crippen LogP contribution >= 0.6 is 11.3 Å². The van der Waals surface area contributed by atoms with Crippen LogP contribution in [-0.4, -0.2) is 4.98 Å². The highest BCUT2D eigenvalue weighted by Crippen LogP contribution is 2.03. The van der Waals surface area contributed by atoms with Gasteiger partial charge in [-0.3, -0.25) is 4.98 Å². The molecule has 3 heterocycles. The minimum Gasteiger partial charge on any atom is -0.470 e. The summed E-state index contributed by atoms with van der Waals surface area (Å²) in [6, 6.07) is 11.9. The van der Waals surface area contributed by atoms with E-state index < -0.39 is 0 Å². The molecule has 0 aliphatic rings. The van der Waals surface area contributed by atoms with Gasteiger partial charge in [0.15, 0.2) is 0 Å². The number of aryl methyl sites for hydroxylation is 3. The second kappa shape index (κ2) is 24.4. The maximum absolute atomic E-state index is 4.83. The van der Waals surface area contributed by atoms with E-state index in [4.69, 9.17) is 4.42 Å². The Morgan fingerprint density at radius 2 is 1.44 bits per heavy atom. The van der Waals surface area contributed by atoms with Gasteiger partial charge in [-0.1, -0.05) is 53.7 Å².